The van der Waals surface area contributed by atoms with Crippen LogP contribution in [0.1, 0.15) is 162 Å². The van der Waals surface area contributed by atoms with Gasteiger partial charge < -0.3 is 53.9 Å². The lowest BCUT2D eigenvalue weighted by atomic mass is 9.78. The quantitative estimate of drug-likeness (QED) is 0.0222. The van der Waals surface area contributed by atoms with E-state index in [0.29, 0.717) is 59.5 Å². The highest BCUT2D eigenvalue weighted by Crippen LogP contribution is 2.51. The molecule has 10 heterocycles. The molecule has 3 aliphatic carbocycles. The predicted molar refractivity (Wildman–Crippen MR) is 579 cm³/mol. The van der Waals surface area contributed by atoms with Crippen LogP contribution in [0, 0.1) is 40.4 Å². The molecule has 764 valence electrons. The minimum Gasteiger partial charge on any atom is -0.395 e. The molecule has 3 saturated carbocycles. The number of aliphatic imine (C=N–C) groups is 5. The minimum atomic E-state index is -1.30. The van der Waals surface area contributed by atoms with Gasteiger partial charge in [-0.1, -0.05) is 165 Å². The molecule has 149 heavy (non-hydrogen) atoms. The molecule has 0 spiro atoms. The van der Waals surface area contributed by atoms with Gasteiger partial charge in [0.1, 0.15) is 17.7 Å². The molecule has 3 fully saturated rings. The number of thiophene rings is 3. The first-order valence-electron chi connectivity index (χ1n) is 49.5. The number of methoxy groups -OCH3 is 1. The number of ether oxygens (including phenoxy) is 2. The van der Waals surface area contributed by atoms with Crippen molar-refractivity contribution >= 4 is 127 Å². The van der Waals surface area contributed by atoms with Gasteiger partial charge in [-0.15, -0.1) is 34.0 Å². The molecule has 13 N–H and O–H groups in total. The van der Waals surface area contributed by atoms with Crippen LogP contribution in [0.5, 0.6) is 0 Å². The van der Waals surface area contributed by atoms with Crippen LogP contribution in [-0.4, -0.2) is 182 Å². The maximum Gasteiger partial charge on any atom is 0.266 e. The zero-order valence-electron chi connectivity index (χ0n) is 83.9. The predicted octanol–water partition coefficient (Wildman–Crippen LogP) is 15.1. The molecule has 7 amide bonds. The Kier molecular flexibility index (Phi) is 31.7. The van der Waals surface area contributed by atoms with E-state index in [0.717, 1.165) is 115 Å². The summed E-state index contributed by atoms with van der Waals surface area (Å²) >= 11 is 4.79. The van der Waals surface area contributed by atoms with E-state index in [1.54, 1.807) is 111 Å². The second-order valence-corrected chi connectivity index (χ2v) is 41.6. The molecule has 21 rings (SSSR count). The number of nitrogens with two attached hydrogens (primary N) is 5. The highest BCUT2D eigenvalue weighted by molar-refractivity contribution is 7.17. The Morgan fingerprint density at radius 1 is 0.490 bits per heavy atom. The Labute approximate surface area is 876 Å². The molecule has 5 aliphatic heterocycles. The van der Waals surface area contributed by atoms with E-state index in [9.17, 15) is 44.1 Å². The summed E-state index contributed by atoms with van der Waals surface area (Å²) in [4.78, 5) is 123. The second kappa shape index (κ2) is 45.2. The maximum absolute atomic E-state index is 13.9. The molecule has 8 aromatic carbocycles. The standard InChI is InChI=1S/C29H30N4O2.2C24H24N6OS.C21H24N4O4.C15H17N3O2S/c30-28-32-29(23-12-6-2-7-13-23,24-14-8-3-9-15-24)27(35)33(28)20-21-16-18-25(19-17-21)31-26(34)22-10-4-1-5-11-22;2*1-24(20-9-18(14-32-20)17-5-3-4-16(8-17)10-25)21(22(31)29(2)23(26)28-24)19-11-27-30(13-19)12-15-6-7-15;1-25-19(27)21(24-20(25)22,15-7-4-3-5-8-15)16-9-6-10-17(13-16)23-18(26)14-29-12-11-28-2;1-15(9-13(20)18(5-6-19)14(16)17-15)11-2-3-12-10(8-11)4-7-21-12/h2-3,6-9,12-19,22H,1,4-5,10-11,20H2,(H2,30,32)(H,31,34);2*3-5,8-9,11,13-15,21H,6-7,12H2,1-2H3,(H2,26,28);3-10,13H,11-12,14H2,1-2H3,(H2,22,24)(H,23,26);2-4,7-8,19H,5-6,9H2,1H3,(H2,16,17)/t;21-,24+;21-,24-;;15-/m.01.0/s1. The molecule has 8 aliphatic rings. The normalized spacial score (nSPS) is 20.9. The van der Waals surface area contributed by atoms with Crippen molar-refractivity contribution in [1.82, 2.24) is 44.1 Å². The Balaban J connectivity index is 0.000000128. The Morgan fingerprint density at radius 2 is 0.993 bits per heavy atom. The maximum atomic E-state index is 13.9. The first-order valence-corrected chi connectivity index (χ1v) is 52.1. The molecule has 36 heteroatoms. The number of guanidine groups is 5. The average molecular weight is 2060 g/mol. The van der Waals surface area contributed by atoms with Gasteiger partial charge in [0.2, 0.25) is 29.5 Å². The number of nitriles is 2. The Bertz CT molecular complexity index is 7140. The molecular formula is C113H119N23O10S3. The van der Waals surface area contributed by atoms with E-state index in [1.807, 2.05) is 216 Å². The van der Waals surface area contributed by atoms with Crippen LogP contribution in [0.4, 0.5) is 11.4 Å². The fraction of sp³-hybridized carbons (Fsp3) is 0.310. The van der Waals surface area contributed by atoms with Gasteiger partial charge in [-0.3, -0.25) is 67.4 Å². The van der Waals surface area contributed by atoms with Crippen molar-refractivity contribution in [3.8, 4) is 34.4 Å². The summed E-state index contributed by atoms with van der Waals surface area (Å²) in [6.45, 7) is 8.64. The molecule has 0 bridgehead atoms. The van der Waals surface area contributed by atoms with Crippen LogP contribution in [0.2, 0.25) is 0 Å². The molecule has 0 saturated heterocycles. The number of aromatic nitrogens is 4. The van der Waals surface area contributed by atoms with E-state index < -0.39 is 39.5 Å². The number of fused-ring (bicyclic) bond motifs is 1. The van der Waals surface area contributed by atoms with E-state index in [2.05, 4.69) is 73.3 Å². The van der Waals surface area contributed by atoms with E-state index in [-0.39, 0.29) is 103 Å². The second-order valence-electron chi connectivity index (χ2n) is 38.8. The van der Waals surface area contributed by atoms with Gasteiger partial charge in [-0.25, -0.2) is 25.0 Å². The lowest BCUT2D eigenvalue weighted by Gasteiger charge is -2.39. The van der Waals surface area contributed by atoms with Gasteiger partial charge in [0.25, 0.3) is 11.8 Å². The fourth-order valence-electron chi connectivity index (χ4n) is 19.6. The third kappa shape index (κ3) is 22.6. The van der Waals surface area contributed by atoms with Gasteiger partial charge in [-0.05, 0) is 227 Å². The van der Waals surface area contributed by atoms with Crippen molar-refractivity contribution in [3.05, 3.63) is 331 Å². The van der Waals surface area contributed by atoms with Crippen molar-refractivity contribution in [1.29, 1.82) is 10.5 Å². The number of β-amino-alcohol motifs (C(OH)–C–C–N with tert-alkyl or cyclic N) is 1. The zero-order chi connectivity index (χ0) is 105. The number of likely N-dealkylation sites (N-methyl/N-ethyl adjacent to an activating group) is 3. The molecule has 0 radical (unpaired) electrons. The monoisotopic (exact) mass is 2050 g/mol. The number of nitrogens with zero attached hydrogens (tertiary/aromatic N) is 16. The van der Waals surface area contributed by atoms with Crippen LogP contribution in [-0.2, 0) is 90.4 Å². The number of carbonyl (C=O) groups is 7. The van der Waals surface area contributed by atoms with Gasteiger partial charge >= 0.3 is 0 Å². The number of rotatable bonds is 27. The number of hydrogen-bond acceptors (Lipinski definition) is 27. The third-order valence-electron chi connectivity index (χ3n) is 28.3. The van der Waals surface area contributed by atoms with Crippen molar-refractivity contribution in [2.24, 2.45) is 71.4 Å². The summed E-state index contributed by atoms with van der Waals surface area (Å²) in [5.41, 5.74) is 38.6. The summed E-state index contributed by atoms with van der Waals surface area (Å²) in [5, 5.41) is 49.6. The average Bonchev–Trinajstić information content (AvgIpc) is 1.61. The van der Waals surface area contributed by atoms with Crippen LogP contribution >= 0.6 is 34.0 Å². The molecule has 1 unspecified atom stereocenters. The minimum absolute atomic E-state index is 0.0904. The highest BCUT2D eigenvalue weighted by atomic mass is 32.1. The highest BCUT2D eigenvalue weighted by Gasteiger charge is 2.54. The van der Waals surface area contributed by atoms with Gasteiger partial charge in [0, 0.05) is 96.6 Å². The number of nitrogens with one attached hydrogen (secondary N) is 2. The summed E-state index contributed by atoms with van der Waals surface area (Å²) < 4.78 is 15.2. The summed E-state index contributed by atoms with van der Waals surface area (Å²) in [6.07, 6.45) is 18.1. The Morgan fingerprint density at radius 3 is 1.49 bits per heavy atom. The van der Waals surface area contributed by atoms with Crippen molar-refractivity contribution in [3.63, 3.8) is 0 Å². The first-order chi connectivity index (χ1) is 71.9. The number of aliphatic hydroxyl groups excluding tert-OH is 1. The summed E-state index contributed by atoms with van der Waals surface area (Å²) in [6, 6.07) is 74.6. The van der Waals surface area contributed by atoms with Crippen molar-refractivity contribution in [2.45, 2.75) is 144 Å². The number of amides is 7. The van der Waals surface area contributed by atoms with Crippen LogP contribution in [0.15, 0.2) is 290 Å². The topological polar surface area (TPSA) is 474 Å². The fourth-order valence-corrected chi connectivity index (χ4v) is 22.5. The molecule has 5 aromatic heterocycles. The Hall–Kier alpha value is -16.0. The lowest BCUT2D eigenvalue weighted by Crippen LogP contribution is -2.52. The summed E-state index contributed by atoms with van der Waals surface area (Å²) in [5.74, 6) is 0.433. The van der Waals surface area contributed by atoms with E-state index >= 15 is 0 Å². The van der Waals surface area contributed by atoms with Crippen molar-refractivity contribution < 1.29 is 48.1 Å². The largest absolute Gasteiger partial charge is 0.395 e. The smallest absolute Gasteiger partial charge is 0.266 e. The SMILES string of the molecule is CN1C(=O)[C@@H](c2cnn(CC3CC3)c2)[C@@](C)(c2cc(-c3cccc(C#N)c3)cs2)N=C1N.CN1C(=O)[C@H](c2cnn(CC3CC3)c2)[C@@](C)(c2cc(-c3cccc(C#N)c3)cs2)N=C1N.COCCOCC(=O)Nc1cccc(C2(c3ccccc3)N=C(N)N(C)C2=O)c1.C[C@@]1(c2ccc3sccc3c2)CC(=O)N(CCO)C(N)=N1.NC1=NC(c2ccccc2)(c2ccccc2)C(=O)N1Cc1ccc(NC(=O)C2CCCCC2)cc1. The van der Waals surface area contributed by atoms with Gasteiger partial charge in [-0.2, -0.15) is 20.7 Å². The molecule has 6 atom stereocenters. The number of aliphatic hydroxyl groups is 1. The summed E-state index contributed by atoms with van der Waals surface area (Å²) in [7, 11) is 6.48. The molecular weight excluding hydrogens is 1940 g/mol. The van der Waals surface area contributed by atoms with E-state index in [4.69, 9.17) is 58.2 Å². The number of hydrogen-bond donors (Lipinski definition) is 8. The van der Waals surface area contributed by atoms with Crippen LogP contribution in [0.3, 0.4) is 0 Å². The van der Waals surface area contributed by atoms with Crippen molar-refractivity contribution in [2.75, 3.05) is 71.9 Å². The van der Waals surface area contributed by atoms with Crippen LogP contribution < -0.4 is 39.3 Å². The number of carbonyl (C=O) groups excluding carboxylic acids is 7. The lowest BCUT2D eigenvalue weighted by molar-refractivity contribution is -0.131. The van der Waals surface area contributed by atoms with Crippen LogP contribution in [0.25, 0.3) is 32.3 Å². The van der Waals surface area contributed by atoms with Gasteiger partial charge in [0.15, 0.2) is 40.9 Å². The molecule has 33 nitrogen and oxygen atoms in total. The van der Waals surface area contributed by atoms with Gasteiger partial charge in [0.05, 0.1) is 92.4 Å². The number of benzene rings is 8. The van der Waals surface area contributed by atoms with E-state index in [1.165, 1.54) is 61.3 Å². The third-order valence-corrected chi connectivity index (χ3v) is 31.5. The first kappa shape index (κ1) is 104. The number of anilines is 2. The zero-order valence-corrected chi connectivity index (χ0v) is 86.4. The molecule has 13 aromatic rings.